The van der Waals surface area contributed by atoms with Gasteiger partial charge in [0.15, 0.2) is 5.03 Å². The molecule has 0 spiro atoms. The highest BCUT2D eigenvalue weighted by atomic mass is 17.0. The lowest BCUT2D eigenvalue weighted by atomic mass is 10.6. The van der Waals surface area contributed by atoms with Gasteiger partial charge in [0, 0.05) is 0 Å². The monoisotopic (exact) mass is 240 g/mol. The molecule has 12 nitrogen and oxygen atoms in total. The van der Waals surface area contributed by atoms with Crippen molar-refractivity contribution in [2.45, 2.75) is 0 Å². The summed E-state index contributed by atoms with van der Waals surface area (Å²) in [4.78, 5) is 37.5. The molecule has 92 valence electrons. The zero-order valence-electron chi connectivity index (χ0n) is 7.88. The van der Waals surface area contributed by atoms with Gasteiger partial charge in [-0.05, 0) is 0 Å². The zero-order chi connectivity index (χ0) is 12.6. The summed E-state index contributed by atoms with van der Waals surface area (Å²) >= 11 is 0. The number of nitrogens with zero attached hydrogens (tertiary/aromatic N) is 4. The molecule has 0 aromatic heterocycles. The summed E-state index contributed by atoms with van der Waals surface area (Å²) in [6.07, 6.45) is 0. The summed E-state index contributed by atoms with van der Waals surface area (Å²) in [6, 6.07) is 0. The Bertz CT molecular complexity index is 249. The summed E-state index contributed by atoms with van der Waals surface area (Å²) < 4.78 is 0. The van der Waals surface area contributed by atoms with Crippen LogP contribution in [0.1, 0.15) is 0 Å². The highest BCUT2D eigenvalue weighted by Gasteiger charge is 2.15. The van der Waals surface area contributed by atoms with Gasteiger partial charge < -0.3 is 9.68 Å². The smallest absolute Gasteiger partial charge is 0.294 e. The highest BCUT2D eigenvalue weighted by Crippen LogP contribution is 1.90. The zero-order valence-corrected chi connectivity index (χ0v) is 7.88. The van der Waals surface area contributed by atoms with Gasteiger partial charge >= 0.3 is 0 Å². The minimum atomic E-state index is -1.09. The van der Waals surface area contributed by atoms with Gasteiger partial charge in [0.1, 0.15) is 26.3 Å². The molecule has 0 heterocycles. The molecule has 0 radical (unpaired) electrons. The average molecular weight is 240 g/mol. The van der Waals surface area contributed by atoms with Crippen molar-refractivity contribution >= 4 is 0 Å². The Hall–Kier alpha value is -2.40. The van der Waals surface area contributed by atoms with E-state index in [9.17, 15) is 30.3 Å². The molecule has 0 aliphatic carbocycles. The molecule has 0 saturated carbocycles. The highest BCUT2D eigenvalue weighted by molar-refractivity contribution is 4.42. The number of hydrogen-bond acceptors (Lipinski definition) is 8. The van der Waals surface area contributed by atoms with Gasteiger partial charge in [0.25, 0.3) is 10.2 Å². The second kappa shape index (κ2) is 6.97. The second-order valence-corrected chi connectivity index (χ2v) is 2.31. The van der Waals surface area contributed by atoms with Crippen LogP contribution in [0.4, 0.5) is 0 Å². The molecule has 0 atom stereocenters. The van der Waals surface area contributed by atoms with E-state index in [1.807, 2.05) is 0 Å². The van der Waals surface area contributed by atoms with Crippen LogP contribution < -0.4 is 0 Å². The van der Waals surface area contributed by atoms with Crippen molar-refractivity contribution in [3.63, 3.8) is 0 Å². The van der Waals surface area contributed by atoms with Gasteiger partial charge in [0.2, 0.25) is 0 Å². The topological polar surface area (TPSA) is 151 Å². The van der Waals surface area contributed by atoms with Crippen LogP contribution in [-0.4, -0.2) is 46.5 Å². The van der Waals surface area contributed by atoms with E-state index in [0.29, 0.717) is 5.01 Å². The van der Waals surface area contributed by atoms with Crippen LogP contribution in [0.15, 0.2) is 0 Å². The Balaban J connectivity index is 3.84. The molecule has 12 heteroatoms. The van der Waals surface area contributed by atoms with Crippen molar-refractivity contribution in [3.05, 3.63) is 30.3 Å². The Morgan fingerprint density at radius 1 is 0.875 bits per heavy atom. The predicted octanol–water partition coefficient (Wildman–Crippen LogP) is -1.10. The van der Waals surface area contributed by atoms with Gasteiger partial charge in [-0.25, -0.2) is 10.1 Å². The predicted molar refractivity (Wildman–Crippen MR) is 44.5 cm³/mol. The van der Waals surface area contributed by atoms with Crippen molar-refractivity contribution in [1.82, 2.24) is 5.01 Å². The first-order chi connectivity index (χ1) is 7.43. The summed E-state index contributed by atoms with van der Waals surface area (Å²) in [6.45, 7) is -1.77. The summed E-state index contributed by atoms with van der Waals surface area (Å²) in [5.74, 6) is 0. The first-order valence-corrected chi connectivity index (χ1v) is 3.87. The van der Waals surface area contributed by atoms with Crippen molar-refractivity contribution < 1.29 is 24.9 Å². The largest absolute Gasteiger partial charge is 0.312 e. The van der Waals surface area contributed by atoms with E-state index in [1.165, 1.54) is 0 Å². The van der Waals surface area contributed by atoms with Crippen LogP contribution in [-0.2, 0) is 9.68 Å². The van der Waals surface area contributed by atoms with Gasteiger partial charge in [-0.15, -0.1) is 25.2 Å². The van der Waals surface area contributed by atoms with Crippen LogP contribution in [0.5, 0.6) is 0 Å². The van der Waals surface area contributed by atoms with E-state index >= 15 is 0 Å². The molecule has 0 N–H and O–H groups in total. The van der Waals surface area contributed by atoms with E-state index in [1.54, 1.807) is 0 Å². The lowest BCUT2D eigenvalue weighted by Gasteiger charge is -2.12. The maximum absolute atomic E-state index is 10.3. The fourth-order valence-corrected chi connectivity index (χ4v) is 0.717. The molecule has 0 aliphatic heterocycles. The molecule has 0 bridgehead atoms. The molecule has 0 fully saturated rings. The van der Waals surface area contributed by atoms with Crippen LogP contribution >= 0.6 is 0 Å². The van der Waals surface area contributed by atoms with Crippen LogP contribution in [0.25, 0.3) is 0 Å². The molecular weight excluding hydrogens is 232 g/mol. The lowest BCUT2D eigenvalue weighted by molar-refractivity contribution is -0.765. The van der Waals surface area contributed by atoms with Crippen molar-refractivity contribution in [2.24, 2.45) is 0 Å². The van der Waals surface area contributed by atoms with Crippen LogP contribution in [0, 0.1) is 30.3 Å². The van der Waals surface area contributed by atoms with E-state index < -0.39 is 28.4 Å². The third-order valence-electron chi connectivity index (χ3n) is 1.32. The third-order valence-corrected chi connectivity index (χ3v) is 1.32. The van der Waals surface area contributed by atoms with Gasteiger partial charge in [-0.3, -0.25) is 0 Å². The molecule has 16 heavy (non-hydrogen) atoms. The van der Waals surface area contributed by atoms with E-state index in [0.717, 1.165) is 0 Å². The summed E-state index contributed by atoms with van der Waals surface area (Å²) in [5, 5.41) is 27.3. The molecule has 0 unspecified atom stereocenters. The quantitative estimate of drug-likeness (QED) is 0.360. The van der Waals surface area contributed by atoms with E-state index in [-0.39, 0.29) is 13.1 Å². The molecule has 0 aromatic rings. The summed E-state index contributed by atoms with van der Waals surface area (Å²) in [5.41, 5.74) is 0. The Labute approximate surface area is 87.7 Å². The van der Waals surface area contributed by atoms with E-state index in [2.05, 4.69) is 9.68 Å². The Morgan fingerprint density at radius 3 is 1.50 bits per heavy atom. The maximum atomic E-state index is 10.3. The van der Waals surface area contributed by atoms with Gasteiger partial charge in [0.05, 0.1) is 0 Å². The fourth-order valence-electron chi connectivity index (χ4n) is 0.717. The molecular formula is C4H8N4O8. The maximum Gasteiger partial charge on any atom is 0.294 e. The minimum absolute atomic E-state index is 0.380. The number of hydrazine groups is 1. The Kier molecular flexibility index (Phi) is 5.92. The molecule has 0 saturated heterocycles. The van der Waals surface area contributed by atoms with Crippen LogP contribution in [0.2, 0.25) is 0 Å². The van der Waals surface area contributed by atoms with Crippen LogP contribution in [0.3, 0.4) is 0 Å². The van der Waals surface area contributed by atoms with Crippen molar-refractivity contribution in [2.75, 3.05) is 26.3 Å². The summed E-state index contributed by atoms with van der Waals surface area (Å²) in [7, 11) is 0. The molecule has 0 amide bonds. The fraction of sp³-hybridized carbons (Fsp3) is 1.00. The first-order valence-electron chi connectivity index (χ1n) is 3.87. The lowest BCUT2D eigenvalue weighted by Crippen LogP contribution is -2.36. The minimum Gasteiger partial charge on any atom is -0.312 e. The van der Waals surface area contributed by atoms with E-state index in [4.69, 9.17) is 0 Å². The van der Waals surface area contributed by atoms with Crippen molar-refractivity contribution in [1.29, 1.82) is 0 Å². The third kappa shape index (κ3) is 7.05. The molecule has 0 aliphatic rings. The molecule has 0 rings (SSSR count). The average Bonchev–Trinajstić information content (AvgIpc) is 2.14. The Morgan fingerprint density at radius 2 is 1.25 bits per heavy atom. The normalized spacial score (nSPS) is 9.25. The first kappa shape index (κ1) is 13.6. The van der Waals surface area contributed by atoms with Crippen molar-refractivity contribution in [3.8, 4) is 0 Å². The number of hydrogen-bond donors (Lipinski definition) is 0. The number of nitro groups is 1. The second-order valence-electron chi connectivity index (χ2n) is 2.31. The molecule has 0 aromatic carbocycles. The SMILES string of the molecule is O=[N+]([O-])OCCN(CCO[N+](=O)[O-])[N+](=O)[O-]. The van der Waals surface area contributed by atoms with Gasteiger partial charge in [-0.2, -0.15) is 0 Å². The number of rotatable bonds is 9. The standard InChI is InChI=1S/C4H8N4O8/c9-6(10)5(1-3-15-7(11)12)2-4-16-8(13)14/h1-4H2. The van der Waals surface area contributed by atoms with Gasteiger partial charge in [-0.1, -0.05) is 0 Å².